The van der Waals surface area contributed by atoms with Gasteiger partial charge in [0, 0.05) is 25.7 Å². The minimum absolute atomic E-state index is 0.649. The lowest BCUT2D eigenvalue weighted by atomic mass is 10.2. The molecule has 3 rings (SSSR count). The maximum absolute atomic E-state index is 5.62. The summed E-state index contributed by atoms with van der Waals surface area (Å²) in [6, 6.07) is 7.01. The van der Waals surface area contributed by atoms with Gasteiger partial charge in [-0.15, -0.1) is 0 Å². The van der Waals surface area contributed by atoms with Crippen molar-refractivity contribution in [2.75, 3.05) is 33.4 Å². The predicted octanol–water partition coefficient (Wildman–Crippen LogP) is 2.42. The molecule has 0 aromatic heterocycles. The Labute approximate surface area is 127 Å². The minimum Gasteiger partial charge on any atom is -0.486 e. The molecule has 1 aliphatic heterocycles. The SMILES string of the molecule is CN(CCNCc1ccc2c(c1)OCCO2)C1CCCC1. The molecule has 1 saturated carbocycles. The van der Waals surface area contributed by atoms with E-state index in [9.17, 15) is 0 Å². The number of fused-ring (bicyclic) bond motifs is 1. The molecule has 21 heavy (non-hydrogen) atoms. The first kappa shape index (κ1) is 14.7. The van der Waals surface area contributed by atoms with Crippen molar-refractivity contribution in [3.05, 3.63) is 23.8 Å². The Balaban J connectivity index is 1.41. The van der Waals surface area contributed by atoms with Gasteiger partial charge < -0.3 is 19.7 Å². The quantitative estimate of drug-likeness (QED) is 0.816. The van der Waals surface area contributed by atoms with Crippen LogP contribution in [0.2, 0.25) is 0 Å². The van der Waals surface area contributed by atoms with Gasteiger partial charge in [0.2, 0.25) is 0 Å². The van der Waals surface area contributed by atoms with Gasteiger partial charge in [0.25, 0.3) is 0 Å². The van der Waals surface area contributed by atoms with Crippen molar-refractivity contribution in [3.8, 4) is 11.5 Å². The van der Waals surface area contributed by atoms with E-state index in [0.29, 0.717) is 13.2 Å². The molecule has 1 heterocycles. The van der Waals surface area contributed by atoms with Crippen LogP contribution in [0.25, 0.3) is 0 Å². The van der Waals surface area contributed by atoms with Crippen molar-refractivity contribution in [1.29, 1.82) is 0 Å². The molecule has 1 fully saturated rings. The van der Waals surface area contributed by atoms with Crippen molar-refractivity contribution >= 4 is 0 Å². The van der Waals surface area contributed by atoms with Crippen molar-refractivity contribution in [2.45, 2.75) is 38.3 Å². The van der Waals surface area contributed by atoms with Crippen LogP contribution in [0.4, 0.5) is 0 Å². The third-order valence-electron chi connectivity index (χ3n) is 4.53. The smallest absolute Gasteiger partial charge is 0.161 e. The number of hydrogen-bond donors (Lipinski definition) is 1. The van der Waals surface area contributed by atoms with Gasteiger partial charge in [-0.3, -0.25) is 0 Å². The Kier molecular flexibility index (Phi) is 4.99. The lowest BCUT2D eigenvalue weighted by Crippen LogP contribution is -2.35. The summed E-state index contributed by atoms with van der Waals surface area (Å²) in [7, 11) is 2.25. The molecular formula is C17H26N2O2. The fraction of sp³-hybridized carbons (Fsp3) is 0.647. The van der Waals surface area contributed by atoms with E-state index < -0.39 is 0 Å². The van der Waals surface area contributed by atoms with Crippen molar-refractivity contribution in [2.24, 2.45) is 0 Å². The highest BCUT2D eigenvalue weighted by atomic mass is 16.6. The van der Waals surface area contributed by atoms with Crippen LogP contribution >= 0.6 is 0 Å². The van der Waals surface area contributed by atoms with Gasteiger partial charge in [-0.1, -0.05) is 18.9 Å². The largest absolute Gasteiger partial charge is 0.486 e. The third kappa shape index (κ3) is 3.89. The fourth-order valence-corrected chi connectivity index (χ4v) is 3.21. The summed E-state index contributed by atoms with van der Waals surface area (Å²) in [6.45, 7) is 4.33. The molecule has 0 bridgehead atoms. The predicted molar refractivity (Wildman–Crippen MR) is 84.0 cm³/mol. The van der Waals surface area contributed by atoms with E-state index in [1.54, 1.807) is 0 Å². The second-order valence-corrected chi connectivity index (χ2v) is 6.07. The number of nitrogens with one attached hydrogen (secondary N) is 1. The minimum atomic E-state index is 0.649. The van der Waals surface area contributed by atoms with E-state index in [0.717, 1.165) is 37.2 Å². The Morgan fingerprint density at radius 3 is 2.71 bits per heavy atom. The lowest BCUT2D eigenvalue weighted by molar-refractivity contribution is 0.171. The molecule has 0 atom stereocenters. The van der Waals surface area contributed by atoms with Crippen LogP contribution in [0.5, 0.6) is 11.5 Å². The van der Waals surface area contributed by atoms with Gasteiger partial charge in [0.05, 0.1) is 0 Å². The molecule has 0 saturated heterocycles. The molecule has 1 aromatic rings. The Bertz CT molecular complexity index is 458. The summed E-state index contributed by atoms with van der Waals surface area (Å²) in [5, 5.41) is 3.52. The summed E-state index contributed by atoms with van der Waals surface area (Å²) in [5.41, 5.74) is 1.25. The monoisotopic (exact) mass is 290 g/mol. The van der Waals surface area contributed by atoms with E-state index in [1.807, 2.05) is 6.07 Å². The van der Waals surface area contributed by atoms with Gasteiger partial charge in [-0.25, -0.2) is 0 Å². The second kappa shape index (κ2) is 7.14. The van der Waals surface area contributed by atoms with Crippen LogP contribution in [0.15, 0.2) is 18.2 Å². The van der Waals surface area contributed by atoms with Crippen LogP contribution in [-0.4, -0.2) is 44.3 Å². The first-order chi connectivity index (χ1) is 10.3. The summed E-state index contributed by atoms with van der Waals surface area (Å²) in [4.78, 5) is 2.50. The van der Waals surface area contributed by atoms with Crippen molar-refractivity contribution < 1.29 is 9.47 Å². The van der Waals surface area contributed by atoms with Crippen molar-refractivity contribution in [1.82, 2.24) is 10.2 Å². The summed E-state index contributed by atoms with van der Waals surface area (Å²) < 4.78 is 11.2. The molecule has 1 N–H and O–H groups in total. The van der Waals surface area contributed by atoms with E-state index in [1.165, 1.54) is 31.2 Å². The van der Waals surface area contributed by atoms with E-state index in [4.69, 9.17) is 9.47 Å². The standard InChI is InChI=1S/C17H26N2O2/c1-19(15-4-2-3-5-15)9-8-18-13-14-6-7-16-17(12-14)21-11-10-20-16/h6-7,12,15,18H,2-5,8-11,13H2,1H3. The molecule has 116 valence electrons. The molecule has 0 unspecified atom stereocenters. The highest BCUT2D eigenvalue weighted by Crippen LogP contribution is 2.30. The molecular weight excluding hydrogens is 264 g/mol. The average molecular weight is 290 g/mol. The molecule has 2 aliphatic rings. The summed E-state index contributed by atoms with van der Waals surface area (Å²) >= 11 is 0. The number of hydrogen-bond acceptors (Lipinski definition) is 4. The first-order valence-corrected chi connectivity index (χ1v) is 8.12. The number of rotatable bonds is 6. The second-order valence-electron chi connectivity index (χ2n) is 6.07. The topological polar surface area (TPSA) is 33.7 Å². The third-order valence-corrected chi connectivity index (χ3v) is 4.53. The van der Waals surface area contributed by atoms with Crippen LogP contribution in [-0.2, 0) is 6.54 Å². The number of likely N-dealkylation sites (N-methyl/N-ethyl adjacent to an activating group) is 1. The highest BCUT2D eigenvalue weighted by Gasteiger charge is 2.18. The van der Waals surface area contributed by atoms with Gasteiger partial charge in [-0.2, -0.15) is 0 Å². The zero-order valence-electron chi connectivity index (χ0n) is 12.9. The first-order valence-electron chi connectivity index (χ1n) is 8.12. The molecule has 4 heteroatoms. The molecule has 0 radical (unpaired) electrons. The highest BCUT2D eigenvalue weighted by molar-refractivity contribution is 5.43. The van der Waals surface area contributed by atoms with Crippen LogP contribution in [0.1, 0.15) is 31.2 Å². The zero-order chi connectivity index (χ0) is 14.5. The maximum Gasteiger partial charge on any atom is 0.161 e. The van der Waals surface area contributed by atoms with E-state index in [-0.39, 0.29) is 0 Å². The summed E-state index contributed by atoms with van der Waals surface area (Å²) in [5.74, 6) is 1.74. The molecule has 4 nitrogen and oxygen atoms in total. The number of nitrogens with zero attached hydrogens (tertiary/aromatic N) is 1. The Morgan fingerprint density at radius 2 is 1.90 bits per heavy atom. The van der Waals surface area contributed by atoms with Crippen LogP contribution in [0.3, 0.4) is 0 Å². The normalized spacial score (nSPS) is 18.4. The lowest BCUT2D eigenvalue weighted by Gasteiger charge is -2.24. The van der Waals surface area contributed by atoms with Gasteiger partial charge in [0.15, 0.2) is 11.5 Å². The molecule has 0 spiro atoms. The average Bonchev–Trinajstić information content (AvgIpc) is 3.06. The van der Waals surface area contributed by atoms with Crippen LogP contribution in [0, 0.1) is 0 Å². The Hall–Kier alpha value is -1.26. The fourth-order valence-electron chi connectivity index (χ4n) is 3.21. The van der Waals surface area contributed by atoms with E-state index in [2.05, 4.69) is 29.4 Å². The van der Waals surface area contributed by atoms with Crippen molar-refractivity contribution in [3.63, 3.8) is 0 Å². The molecule has 1 aliphatic carbocycles. The molecule has 0 amide bonds. The summed E-state index contributed by atoms with van der Waals surface area (Å²) in [6.07, 6.45) is 5.55. The molecule has 1 aromatic carbocycles. The van der Waals surface area contributed by atoms with Gasteiger partial charge >= 0.3 is 0 Å². The van der Waals surface area contributed by atoms with Crippen LogP contribution < -0.4 is 14.8 Å². The zero-order valence-corrected chi connectivity index (χ0v) is 12.9. The Morgan fingerprint density at radius 1 is 1.14 bits per heavy atom. The maximum atomic E-state index is 5.62. The van der Waals surface area contributed by atoms with E-state index >= 15 is 0 Å². The number of ether oxygens (including phenoxy) is 2. The number of benzene rings is 1. The van der Waals surface area contributed by atoms with Gasteiger partial charge in [-0.05, 0) is 37.6 Å². The van der Waals surface area contributed by atoms with Gasteiger partial charge in [0.1, 0.15) is 13.2 Å².